The fourth-order valence-electron chi connectivity index (χ4n) is 0.0204. The third kappa shape index (κ3) is 24.9. The number of hydrogen-bond acceptors (Lipinski definition) is 4. The molecule has 0 aromatic rings. The topological polar surface area (TPSA) is 80.6 Å². The van der Waals surface area contributed by atoms with Crippen LogP contribution in [0.25, 0.3) is 0 Å². The Labute approximate surface area is 53.2 Å². The second-order valence-electron chi connectivity index (χ2n) is 0.285. The van der Waals surface area contributed by atoms with Gasteiger partial charge in [-0.25, -0.2) is 9.77 Å². The standard InChI is InChI=1S/Al.N2OSi2.N/c;1-4-3-5-2;. The van der Waals surface area contributed by atoms with Crippen molar-refractivity contribution in [2.45, 2.75) is 0 Å². The van der Waals surface area contributed by atoms with E-state index in [0.29, 0.717) is 0 Å². The molecule has 0 aliphatic heterocycles. The molecule has 0 unspecified atom stereocenters. The molecule has 0 N–H and O–H groups in total. The molecule has 7 heavy (non-hydrogen) atoms. The van der Waals surface area contributed by atoms with Gasteiger partial charge in [0.25, 0.3) is 0 Å². The van der Waals surface area contributed by atoms with Gasteiger partial charge in [0.2, 0.25) is 0 Å². The van der Waals surface area contributed by atoms with Crippen molar-refractivity contribution >= 4 is 34.7 Å². The molecule has 0 aromatic carbocycles. The van der Waals surface area contributed by atoms with Crippen molar-refractivity contribution in [2.24, 2.45) is 0 Å². The van der Waals surface area contributed by atoms with E-state index < -0.39 is 18.8 Å². The summed E-state index contributed by atoms with van der Waals surface area (Å²) in [6.07, 6.45) is 0. The zero-order valence-corrected chi connectivity index (χ0v) is 6.48. The number of rotatable bonds is 0. The van der Waals surface area contributed by atoms with Gasteiger partial charge in [-0.2, -0.15) is 0 Å². The Bertz CT molecular complexity index is 105. The quantitative estimate of drug-likeness (QED) is 0.398. The van der Waals surface area contributed by atoms with Gasteiger partial charge in [-0.3, -0.25) is 0 Å². The summed E-state index contributed by atoms with van der Waals surface area (Å²) in [6, 6.07) is 0. The maximum atomic E-state index is 7.72. The molecule has 0 saturated heterocycles. The minimum absolute atomic E-state index is 0.580. The molecule has 0 heterocycles. The van der Waals surface area contributed by atoms with Crippen LogP contribution in [0.3, 0.4) is 0 Å². The van der Waals surface area contributed by atoms with Crippen LogP contribution < -0.4 is 0 Å². The number of nitrogens with zero attached hydrogens (tertiary/aromatic N) is 3. The first-order chi connectivity index (χ1) is 3.41. The summed E-state index contributed by atoms with van der Waals surface area (Å²) in [6.45, 7) is 0. The molecule has 0 radical (unpaired) electrons. The summed E-state index contributed by atoms with van der Waals surface area (Å²) >= 11 is 1.42. The Hall–Kier alpha value is -0.104. The average Bonchev–Trinajstić information content (AvgIpc) is 1.75. The van der Waals surface area contributed by atoms with Crippen LogP contribution in [0.15, 0.2) is 0 Å². The molecule has 0 bridgehead atoms. The van der Waals surface area contributed by atoms with Crippen molar-refractivity contribution in [3.63, 3.8) is 0 Å². The number of hydrogen-bond donors (Lipinski definition) is 0. The molecular formula is AlN3OSi2. The van der Waals surface area contributed by atoms with E-state index in [9.17, 15) is 0 Å². The Morgan fingerprint density at radius 1 is 1.14 bits per heavy atom. The second kappa shape index (κ2) is 16.9. The normalized spacial score (nSPS) is 3.29. The Morgan fingerprint density at radius 2 is 1.43 bits per heavy atom. The summed E-state index contributed by atoms with van der Waals surface area (Å²) < 4.78 is 10.9. The Kier molecular flexibility index (Phi) is 24.1. The molecule has 0 spiro atoms. The van der Waals surface area contributed by atoms with Crippen molar-refractivity contribution in [1.29, 1.82) is 13.9 Å². The summed E-state index contributed by atoms with van der Waals surface area (Å²) in [7, 11) is -1.16. The predicted octanol–water partition coefficient (Wildman–Crippen LogP) is -1.17. The molecule has 0 amide bonds. The van der Waals surface area contributed by atoms with Gasteiger partial charge in [0.15, 0.2) is 0 Å². The van der Waals surface area contributed by atoms with Crippen LogP contribution in [0.4, 0.5) is 0 Å². The van der Waals surface area contributed by atoms with E-state index in [4.69, 9.17) is 13.9 Å². The molecule has 0 rings (SSSR count). The van der Waals surface area contributed by atoms with Crippen molar-refractivity contribution in [2.75, 3.05) is 0 Å². The minimum atomic E-state index is -0.580. The summed E-state index contributed by atoms with van der Waals surface area (Å²) in [4.78, 5) is 15.4. The molecule has 0 aromatic heterocycles. The van der Waals surface area contributed by atoms with Crippen LogP contribution >= 0.6 is 0 Å². The van der Waals surface area contributed by atoms with Gasteiger partial charge in [0.05, 0.1) is 0 Å². The van der Waals surface area contributed by atoms with Gasteiger partial charge < -0.3 is 4.12 Å². The van der Waals surface area contributed by atoms with Crippen LogP contribution in [0.1, 0.15) is 0 Å². The molecular weight excluding hydrogens is 141 g/mol. The van der Waals surface area contributed by atoms with Crippen molar-refractivity contribution < 1.29 is 4.12 Å². The van der Waals surface area contributed by atoms with E-state index in [1.54, 1.807) is 0 Å². The fraction of sp³-hybridized carbons (Fsp3) is 0. The second-order valence-corrected chi connectivity index (χ2v) is 1.47. The van der Waals surface area contributed by atoms with Gasteiger partial charge >= 0.3 is 38.9 Å². The summed E-state index contributed by atoms with van der Waals surface area (Å²) in [5.74, 6) is 0. The molecule has 0 atom stereocenters. The zero-order chi connectivity index (χ0) is 6.12. The first-order valence-corrected chi connectivity index (χ1v) is 3.34. The third-order valence-corrected chi connectivity index (χ3v) is 0.822. The van der Waals surface area contributed by atoms with Gasteiger partial charge in [-0.15, -0.1) is 0 Å². The molecule has 4 nitrogen and oxygen atoms in total. The summed E-state index contributed by atoms with van der Waals surface area (Å²) in [5.41, 5.74) is 0. The van der Waals surface area contributed by atoms with Crippen LogP contribution in [-0.4, -0.2) is 34.7 Å². The molecule has 0 saturated carbocycles. The predicted molar refractivity (Wildman–Crippen MR) is 23.5 cm³/mol. The average molecular weight is 141 g/mol. The van der Waals surface area contributed by atoms with E-state index in [2.05, 4.69) is 4.12 Å². The van der Waals surface area contributed by atoms with E-state index in [0.717, 1.165) is 0 Å². The van der Waals surface area contributed by atoms with Crippen molar-refractivity contribution in [1.82, 2.24) is 0 Å². The van der Waals surface area contributed by atoms with Crippen LogP contribution in [0, 0.1) is 13.9 Å². The van der Waals surface area contributed by atoms with Gasteiger partial charge in [0.1, 0.15) is 0 Å². The van der Waals surface area contributed by atoms with Crippen LogP contribution in [0.2, 0.25) is 0 Å². The SMILES string of the molecule is N#[Si]O[Si]#N.[N]#[Al]. The van der Waals surface area contributed by atoms with Gasteiger partial charge in [-0.1, -0.05) is 0 Å². The van der Waals surface area contributed by atoms with Gasteiger partial charge in [0, 0.05) is 0 Å². The summed E-state index contributed by atoms with van der Waals surface area (Å²) in [5, 5.41) is 0. The maximum absolute atomic E-state index is 7.72. The van der Waals surface area contributed by atoms with Gasteiger partial charge in [-0.05, 0) is 0 Å². The molecule has 0 aliphatic rings. The Balaban J connectivity index is 0. The molecule has 0 fully saturated rings. The first-order valence-electron chi connectivity index (χ1n) is 1.11. The van der Waals surface area contributed by atoms with E-state index in [1.165, 1.54) is 15.9 Å². The zero-order valence-electron chi connectivity index (χ0n) is 3.33. The van der Waals surface area contributed by atoms with E-state index in [-0.39, 0.29) is 0 Å². The fourth-order valence-corrected chi connectivity index (χ4v) is 0.184. The molecule has 0 aliphatic carbocycles. The van der Waals surface area contributed by atoms with Crippen molar-refractivity contribution in [3.8, 4) is 0 Å². The Morgan fingerprint density at radius 3 is 1.43 bits per heavy atom. The first kappa shape index (κ1) is 10.0. The monoisotopic (exact) mass is 141 g/mol. The third-order valence-electron chi connectivity index (χ3n) is 0.0913. The van der Waals surface area contributed by atoms with Crippen LogP contribution in [-0.2, 0) is 4.12 Å². The molecule has 32 valence electrons. The van der Waals surface area contributed by atoms with E-state index in [1.807, 2.05) is 0 Å². The van der Waals surface area contributed by atoms with Crippen LogP contribution in [0.5, 0.6) is 0 Å². The van der Waals surface area contributed by atoms with E-state index >= 15 is 0 Å². The van der Waals surface area contributed by atoms with Crippen molar-refractivity contribution in [3.05, 3.63) is 0 Å². The molecule has 7 heteroatoms.